The highest BCUT2D eigenvalue weighted by Gasteiger charge is 2.29. The van der Waals surface area contributed by atoms with Crippen LogP contribution in [0.25, 0.3) is 0 Å². The van der Waals surface area contributed by atoms with E-state index >= 15 is 0 Å². The number of rotatable bonds is 7. The fourth-order valence-electron chi connectivity index (χ4n) is 4.26. The van der Waals surface area contributed by atoms with E-state index in [1.165, 1.54) is 16.2 Å². The summed E-state index contributed by atoms with van der Waals surface area (Å²) in [7, 11) is 3.26. The van der Waals surface area contributed by atoms with Crippen LogP contribution in [0.15, 0.2) is 48.8 Å². The Bertz CT molecular complexity index is 1280. The second-order valence-corrected chi connectivity index (χ2v) is 9.87. The van der Waals surface area contributed by atoms with Crippen LogP contribution in [0.3, 0.4) is 0 Å². The van der Waals surface area contributed by atoms with Crippen LogP contribution < -0.4 is 15.0 Å². The third kappa shape index (κ3) is 5.66. The minimum absolute atomic E-state index is 0.0131. The SMILES string of the molecule is COc1cccc(C(C)CC(=O)Nc2sc3c(c2C#N)CCC(OC(=O)N(C)c2cccnc2)C3)c1. The van der Waals surface area contributed by atoms with Gasteiger partial charge in [-0.15, -0.1) is 11.3 Å². The molecule has 8 nitrogen and oxygen atoms in total. The summed E-state index contributed by atoms with van der Waals surface area (Å²) in [6.45, 7) is 1.99. The van der Waals surface area contributed by atoms with E-state index in [0.29, 0.717) is 35.5 Å². The predicted molar refractivity (Wildman–Crippen MR) is 139 cm³/mol. The van der Waals surface area contributed by atoms with Gasteiger partial charge in [-0.3, -0.25) is 14.7 Å². The Kier molecular flexibility index (Phi) is 7.86. The maximum Gasteiger partial charge on any atom is 0.414 e. The highest BCUT2D eigenvalue weighted by atomic mass is 32.1. The molecule has 186 valence electrons. The first-order chi connectivity index (χ1) is 17.4. The summed E-state index contributed by atoms with van der Waals surface area (Å²) in [4.78, 5) is 31.9. The second kappa shape index (κ2) is 11.2. The Morgan fingerprint density at radius 1 is 1.33 bits per heavy atom. The Morgan fingerprint density at radius 3 is 2.89 bits per heavy atom. The number of nitrogens with one attached hydrogen (secondary N) is 1. The first-order valence-electron chi connectivity index (χ1n) is 11.7. The first kappa shape index (κ1) is 25.2. The number of nitrogens with zero attached hydrogens (tertiary/aromatic N) is 3. The van der Waals surface area contributed by atoms with Crippen molar-refractivity contribution in [1.82, 2.24) is 4.98 Å². The highest BCUT2D eigenvalue weighted by Crippen LogP contribution is 2.39. The molecule has 0 aliphatic heterocycles. The van der Waals surface area contributed by atoms with Gasteiger partial charge in [0.1, 0.15) is 22.9 Å². The number of anilines is 2. The van der Waals surface area contributed by atoms with Gasteiger partial charge in [0.25, 0.3) is 0 Å². The van der Waals surface area contributed by atoms with E-state index in [0.717, 1.165) is 21.8 Å². The number of thiophene rings is 1. The van der Waals surface area contributed by atoms with Crippen molar-refractivity contribution < 1.29 is 19.1 Å². The van der Waals surface area contributed by atoms with Gasteiger partial charge in [0.15, 0.2) is 0 Å². The molecular weight excluding hydrogens is 476 g/mol. The summed E-state index contributed by atoms with van der Waals surface area (Å²) in [6.07, 6.45) is 4.51. The number of fused-ring (bicyclic) bond motifs is 1. The molecule has 2 amide bonds. The average molecular weight is 505 g/mol. The van der Waals surface area contributed by atoms with Crippen LogP contribution in [-0.2, 0) is 22.4 Å². The maximum atomic E-state index is 12.8. The number of carbonyl (C=O) groups excluding carboxylic acids is 2. The zero-order chi connectivity index (χ0) is 25.7. The molecule has 0 bridgehead atoms. The Balaban J connectivity index is 1.40. The van der Waals surface area contributed by atoms with E-state index in [2.05, 4.69) is 16.4 Å². The molecule has 2 heterocycles. The third-order valence-corrected chi connectivity index (χ3v) is 7.48. The standard InChI is InChI=1S/C27H28N4O4S/c1-17(18-6-4-8-20(13-18)34-3)12-25(32)30-26-23(15-28)22-10-9-21(14-24(22)36-26)35-27(33)31(2)19-7-5-11-29-16-19/h4-8,11,13,16-17,21H,9-10,12,14H2,1-3H3,(H,30,32). The normalized spacial score (nSPS) is 15.2. The van der Waals surface area contributed by atoms with Crippen molar-refractivity contribution in [3.8, 4) is 11.8 Å². The zero-order valence-corrected chi connectivity index (χ0v) is 21.3. The van der Waals surface area contributed by atoms with Gasteiger partial charge in [-0.1, -0.05) is 19.1 Å². The van der Waals surface area contributed by atoms with Crippen LogP contribution in [0.4, 0.5) is 15.5 Å². The number of nitriles is 1. The lowest BCUT2D eigenvalue weighted by atomic mass is 9.93. The van der Waals surface area contributed by atoms with Gasteiger partial charge in [0, 0.05) is 31.0 Å². The fourth-order valence-corrected chi connectivity index (χ4v) is 5.54. The summed E-state index contributed by atoms with van der Waals surface area (Å²) in [6, 6.07) is 13.5. The lowest BCUT2D eigenvalue weighted by molar-refractivity contribution is -0.116. The molecule has 0 saturated heterocycles. The van der Waals surface area contributed by atoms with Gasteiger partial charge < -0.3 is 14.8 Å². The van der Waals surface area contributed by atoms with Gasteiger partial charge in [-0.25, -0.2) is 4.79 Å². The van der Waals surface area contributed by atoms with Crippen molar-refractivity contribution in [2.45, 2.75) is 44.6 Å². The highest BCUT2D eigenvalue weighted by molar-refractivity contribution is 7.16. The van der Waals surface area contributed by atoms with Crippen molar-refractivity contribution in [3.63, 3.8) is 0 Å². The number of amides is 2. The van der Waals surface area contributed by atoms with E-state index in [1.807, 2.05) is 31.2 Å². The molecule has 2 unspecified atom stereocenters. The largest absolute Gasteiger partial charge is 0.497 e. The Morgan fingerprint density at radius 2 is 2.17 bits per heavy atom. The van der Waals surface area contributed by atoms with Gasteiger partial charge >= 0.3 is 6.09 Å². The number of ether oxygens (including phenoxy) is 2. The lowest BCUT2D eigenvalue weighted by Gasteiger charge is -2.25. The molecule has 9 heteroatoms. The molecule has 36 heavy (non-hydrogen) atoms. The quantitative estimate of drug-likeness (QED) is 0.469. The number of hydrogen-bond acceptors (Lipinski definition) is 7. The lowest BCUT2D eigenvalue weighted by Crippen LogP contribution is -2.33. The minimum Gasteiger partial charge on any atom is -0.497 e. The van der Waals surface area contributed by atoms with Crippen molar-refractivity contribution in [2.24, 2.45) is 0 Å². The van der Waals surface area contributed by atoms with Crippen molar-refractivity contribution in [2.75, 3.05) is 24.4 Å². The van der Waals surface area contributed by atoms with Crippen LogP contribution in [0.1, 0.15) is 47.3 Å². The summed E-state index contributed by atoms with van der Waals surface area (Å²) < 4.78 is 11.0. The van der Waals surface area contributed by atoms with E-state index < -0.39 is 6.09 Å². The summed E-state index contributed by atoms with van der Waals surface area (Å²) in [5, 5.41) is 13.3. The minimum atomic E-state index is -0.450. The summed E-state index contributed by atoms with van der Waals surface area (Å²) >= 11 is 1.39. The van der Waals surface area contributed by atoms with Crippen LogP contribution in [-0.4, -0.2) is 37.2 Å². The molecule has 1 aromatic carbocycles. The van der Waals surface area contributed by atoms with E-state index in [9.17, 15) is 14.9 Å². The molecule has 1 N–H and O–H groups in total. The molecule has 0 saturated carbocycles. The number of carbonyl (C=O) groups is 2. The van der Waals surface area contributed by atoms with E-state index in [1.54, 1.807) is 38.7 Å². The molecular formula is C27H28N4O4S. The van der Waals surface area contributed by atoms with E-state index in [4.69, 9.17) is 9.47 Å². The zero-order valence-electron chi connectivity index (χ0n) is 20.5. The summed E-state index contributed by atoms with van der Waals surface area (Å²) in [5.41, 5.74) is 3.10. The first-order valence-corrected chi connectivity index (χ1v) is 12.5. The third-order valence-electron chi connectivity index (χ3n) is 6.31. The molecule has 0 fully saturated rings. The smallest absolute Gasteiger partial charge is 0.414 e. The van der Waals surface area contributed by atoms with Gasteiger partial charge in [-0.2, -0.15) is 5.26 Å². The number of hydrogen-bond donors (Lipinski definition) is 1. The van der Waals surface area contributed by atoms with E-state index in [-0.39, 0.29) is 24.3 Å². The van der Waals surface area contributed by atoms with Gasteiger partial charge in [-0.05, 0) is 54.2 Å². The Hall–Kier alpha value is -3.90. The Labute approximate surface area is 214 Å². The predicted octanol–water partition coefficient (Wildman–Crippen LogP) is 5.29. The van der Waals surface area contributed by atoms with Gasteiger partial charge in [0.2, 0.25) is 5.91 Å². The number of pyridine rings is 1. The van der Waals surface area contributed by atoms with Crippen LogP contribution in [0.5, 0.6) is 5.75 Å². The van der Waals surface area contributed by atoms with Crippen LogP contribution in [0, 0.1) is 11.3 Å². The number of benzene rings is 1. The average Bonchev–Trinajstić information content (AvgIpc) is 3.24. The van der Waals surface area contributed by atoms with Gasteiger partial charge in [0.05, 0.1) is 24.6 Å². The molecule has 3 aromatic rings. The van der Waals surface area contributed by atoms with Crippen LogP contribution in [0.2, 0.25) is 0 Å². The number of aromatic nitrogens is 1. The molecule has 0 spiro atoms. The summed E-state index contributed by atoms with van der Waals surface area (Å²) in [5.74, 6) is 0.585. The molecule has 0 radical (unpaired) electrons. The molecule has 2 atom stereocenters. The molecule has 4 rings (SSSR count). The fraction of sp³-hybridized carbons (Fsp3) is 0.333. The van der Waals surface area contributed by atoms with Crippen molar-refractivity contribution in [1.29, 1.82) is 5.26 Å². The maximum absolute atomic E-state index is 12.8. The molecule has 1 aliphatic carbocycles. The second-order valence-electron chi connectivity index (χ2n) is 8.77. The van der Waals surface area contributed by atoms with Crippen LogP contribution >= 0.6 is 11.3 Å². The van der Waals surface area contributed by atoms with Crippen molar-refractivity contribution in [3.05, 3.63) is 70.4 Å². The number of methoxy groups -OCH3 is 1. The monoisotopic (exact) mass is 504 g/mol. The van der Waals surface area contributed by atoms with Crippen molar-refractivity contribution >= 4 is 34.0 Å². The topological polar surface area (TPSA) is 105 Å². The molecule has 1 aliphatic rings. The molecule has 2 aromatic heterocycles.